The molecule has 0 bridgehead atoms. The van der Waals surface area contributed by atoms with E-state index in [0.717, 1.165) is 18.0 Å². The average Bonchev–Trinajstić information content (AvgIpc) is 2.78. The topological polar surface area (TPSA) is 38.3 Å². The van der Waals surface area contributed by atoms with E-state index >= 15 is 0 Å². The Hall–Kier alpha value is -1.06. The summed E-state index contributed by atoms with van der Waals surface area (Å²) in [6.07, 6.45) is 0.786. The zero-order valence-electron chi connectivity index (χ0n) is 9.07. The van der Waals surface area contributed by atoms with Gasteiger partial charge in [-0.2, -0.15) is 0 Å². The zero-order valence-corrected chi connectivity index (χ0v) is 9.83. The SMILES string of the molecule is COC(=O)C1CC(c2ccc(Cl)cc2)CN1. The number of methoxy groups -OCH3 is 1. The Kier molecular flexibility index (Phi) is 3.46. The van der Waals surface area contributed by atoms with E-state index in [0.29, 0.717) is 5.92 Å². The normalized spacial score (nSPS) is 24.4. The minimum absolute atomic E-state index is 0.175. The maximum atomic E-state index is 11.3. The lowest BCUT2D eigenvalue weighted by Crippen LogP contribution is -2.31. The number of carbonyl (C=O) groups is 1. The summed E-state index contributed by atoms with van der Waals surface area (Å²) < 4.78 is 4.71. The van der Waals surface area contributed by atoms with Crippen LogP contribution >= 0.6 is 11.6 Å². The molecule has 16 heavy (non-hydrogen) atoms. The molecule has 0 aliphatic carbocycles. The second kappa shape index (κ2) is 4.85. The Morgan fingerprint density at radius 3 is 2.75 bits per heavy atom. The molecule has 0 amide bonds. The molecule has 1 aliphatic rings. The van der Waals surface area contributed by atoms with Crippen molar-refractivity contribution in [3.8, 4) is 0 Å². The Bertz CT molecular complexity index is 377. The van der Waals surface area contributed by atoms with E-state index in [2.05, 4.69) is 5.32 Å². The lowest BCUT2D eigenvalue weighted by atomic mass is 9.96. The monoisotopic (exact) mass is 239 g/mol. The fraction of sp³-hybridized carbons (Fsp3) is 0.417. The van der Waals surface area contributed by atoms with E-state index in [1.807, 2.05) is 24.3 Å². The molecule has 0 saturated carbocycles. The molecule has 3 nitrogen and oxygen atoms in total. The van der Waals surface area contributed by atoms with Crippen molar-refractivity contribution in [3.63, 3.8) is 0 Å². The zero-order chi connectivity index (χ0) is 11.5. The van der Waals surface area contributed by atoms with Gasteiger partial charge in [-0.15, -0.1) is 0 Å². The lowest BCUT2D eigenvalue weighted by Gasteiger charge is -2.09. The summed E-state index contributed by atoms with van der Waals surface area (Å²) in [4.78, 5) is 11.3. The Labute approximate surface area is 99.7 Å². The summed E-state index contributed by atoms with van der Waals surface area (Å²) in [5.74, 6) is 0.179. The first-order chi connectivity index (χ1) is 7.70. The highest BCUT2D eigenvalue weighted by atomic mass is 35.5. The third kappa shape index (κ3) is 2.36. The van der Waals surface area contributed by atoms with Gasteiger partial charge < -0.3 is 10.1 Å². The highest BCUT2D eigenvalue weighted by Gasteiger charge is 2.30. The van der Waals surface area contributed by atoms with Gasteiger partial charge in [-0.25, -0.2) is 0 Å². The van der Waals surface area contributed by atoms with E-state index in [4.69, 9.17) is 16.3 Å². The Balaban J connectivity index is 2.03. The number of rotatable bonds is 2. The predicted octanol–water partition coefficient (Wildman–Crippen LogP) is 1.96. The van der Waals surface area contributed by atoms with Crippen molar-refractivity contribution in [3.05, 3.63) is 34.9 Å². The van der Waals surface area contributed by atoms with E-state index in [9.17, 15) is 4.79 Å². The first kappa shape index (κ1) is 11.4. The fourth-order valence-corrected chi connectivity index (χ4v) is 2.17. The molecule has 86 valence electrons. The number of nitrogens with one attached hydrogen (secondary N) is 1. The summed E-state index contributed by atoms with van der Waals surface area (Å²) in [6.45, 7) is 0.807. The maximum Gasteiger partial charge on any atom is 0.322 e. The van der Waals surface area contributed by atoms with Gasteiger partial charge in [0.2, 0.25) is 0 Å². The van der Waals surface area contributed by atoms with Crippen molar-refractivity contribution in [2.75, 3.05) is 13.7 Å². The molecule has 4 heteroatoms. The van der Waals surface area contributed by atoms with Crippen LogP contribution in [-0.2, 0) is 9.53 Å². The Morgan fingerprint density at radius 2 is 2.12 bits per heavy atom. The summed E-state index contributed by atoms with van der Waals surface area (Å²) in [5.41, 5.74) is 1.21. The van der Waals surface area contributed by atoms with Gasteiger partial charge >= 0.3 is 5.97 Å². The second-order valence-corrected chi connectivity index (χ2v) is 4.40. The van der Waals surface area contributed by atoms with Crippen molar-refractivity contribution >= 4 is 17.6 Å². The number of hydrogen-bond donors (Lipinski definition) is 1. The lowest BCUT2D eigenvalue weighted by molar-refractivity contribution is -0.142. The minimum atomic E-state index is -0.184. The van der Waals surface area contributed by atoms with Gasteiger partial charge in [0.05, 0.1) is 7.11 Å². The molecule has 1 saturated heterocycles. The minimum Gasteiger partial charge on any atom is -0.468 e. The quantitative estimate of drug-likeness (QED) is 0.802. The van der Waals surface area contributed by atoms with Crippen LogP contribution in [0, 0.1) is 0 Å². The molecule has 1 aliphatic heterocycles. The molecule has 2 atom stereocenters. The highest BCUT2D eigenvalue weighted by Crippen LogP contribution is 2.27. The van der Waals surface area contributed by atoms with E-state index in [1.54, 1.807) is 0 Å². The predicted molar refractivity (Wildman–Crippen MR) is 62.6 cm³/mol. The average molecular weight is 240 g/mol. The summed E-state index contributed by atoms with van der Waals surface area (Å²) in [7, 11) is 1.42. The molecule has 0 aromatic heterocycles. The molecular weight excluding hydrogens is 226 g/mol. The van der Waals surface area contributed by atoms with Crippen LogP contribution in [0.3, 0.4) is 0 Å². The number of halogens is 1. The van der Waals surface area contributed by atoms with Crippen LogP contribution in [0.5, 0.6) is 0 Å². The molecule has 1 N–H and O–H groups in total. The second-order valence-electron chi connectivity index (χ2n) is 3.97. The van der Waals surface area contributed by atoms with Crippen LogP contribution in [0.2, 0.25) is 5.02 Å². The summed E-state index contributed by atoms with van der Waals surface area (Å²) in [6, 6.07) is 7.60. The molecule has 2 unspecified atom stereocenters. The molecule has 1 aromatic rings. The van der Waals surface area contributed by atoms with E-state index < -0.39 is 0 Å². The van der Waals surface area contributed by atoms with Crippen LogP contribution in [-0.4, -0.2) is 25.7 Å². The van der Waals surface area contributed by atoms with Crippen LogP contribution in [0.15, 0.2) is 24.3 Å². The van der Waals surface area contributed by atoms with Crippen LogP contribution in [0.4, 0.5) is 0 Å². The first-order valence-corrected chi connectivity index (χ1v) is 5.65. The number of benzene rings is 1. The smallest absolute Gasteiger partial charge is 0.322 e. The van der Waals surface area contributed by atoms with Gasteiger partial charge in [0.1, 0.15) is 6.04 Å². The molecule has 1 aromatic carbocycles. The van der Waals surface area contributed by atoms with Gasteiger partial charge in [-0.1, -0.05) is 23.7 Å². The molecule has 1 heterocycles. The highest BCUT2D eigenvalue weighted by molar-refractivity contribution is 6.30. The number of ether oxygens (including phenoxy) is 1. The Morgan fingerprint density at radius 1 is 1.44 bits per heavy atom. The van der Waals surface area contributed by atoms with Crippen molar-refractivity contribution in [1.82, 2.24) is 5.32 Å². The van der Waals surface area contributed by atoms with Crippen molar-refractivity contribution in [2.24, 2.45) is 0 Å². The van der Waals surface area contributed by atoms with Gasteiger partial charge in [0.25, 0.3) is 0 Å². The summed E-state index contributed by atoms with van der Waals surface area (Å²) >= 11 is 5.83. The van der Waals surface area contributed by atoms with Crippen LogP contribution in [0.1, 0.15) is 17.9 Å². The van der Waals surface area contributed by atoms with Gasteiger partial charge in [-0.05, 0) is 30.0 Å². The molecule has 0 radical (unpaired) electrons. The standard InChI is InChI=1S/C12H14ClNO2/c1-16-12(15)11-6-9(7-14-11)8-2-4-10(13)5-3-8/h2-5,9,11,14H,6-7H2,1H3. The van der Waals surface area contributed by atoms with Gasteiger partial charge in [0.15, 0.2) is 0 Å². The van der Waals surface area contributed by atoms with Crippen molar-refractivity contribution in [1.29, 1.82) is 0 Å². The third-order valence-electron chi connectivity index (χ3n) is 2.96. The van der Waals surface area contributed by atoms with Crippen molar-refractivity contribution in [2.45, 2.75) is 18.4 Å². The largest absolute Gasteiger partial charge is 0.468 e. The van der Waals surface area contributed by atoms with Crippen LogP contribution < -0.4 is 5.32 Å². The van der Waals surface area contributed by atoms with Gasteiger partial charge in [-0.3, -0.25) is 4.79 Å². The fourth-order valence-electron chi connectivity index (χ4n) is 2.05. The maximum absolute atomic E-state index is 11.3. The van der Waals surface area contributed by atoms with Gasteiger partial charge in [0, 0.05) is 11.6 Å². The molecular formula is C12H14ClNO2. The third-order valence-corrected chi connectivity index (χ3v) is 3.21. The number of carbonyl (C=O) groups excluding carboxylic acids is 1. The van der Waals surface area contributed by atoms with E-state index in [1.165, 1.54) is 12.7 Å². The number of hydrogen-bond acceptors (Lipinski definition) is 3. The van der Waals surface area contributed by atoms with E-state index in [-0.39, 0.29) is 12.0 Å². The summed E-state index contributed by atoms with van der Waals surface area (Å²) in [5, 5.41) is 3.90. The number of esters is 1. The molecule has 2 rings (SSSR count). The molecule has 1 fully saturated rings. The molecule has 0 spiro atoms. The van der Waals surface area contributed by atoms with Crippen LogP contribution in [0.25, 0.3) is 0 Å². The first-order valence-electron chi connectivity index (χ1n) is 5.27. The van der Waals surface area contributed by atoms with Crippen molar-refractivity contribution < 1.29 is 9.53 Å².